The SMILES string of the molecule is C[C@H]1[C@H]2CC[C@H](O2)[C@]2(C)C(=O)[C@@](O)(Cc3ccccc3)C[C@]12O. The van der Waals surface area contributed by atoms with Crippen LogP contribution in [0, 0.1) is 11.3 Å². The molecule has 0 unspecified atom stereocenters. The molecule has 0 aromatic heterocycles. The van der Waals surface area contributed by atoms with Gasteiger partial charge in [-0.3, -0.25) is 4.79 Å². The highest BCUT2D eigenvalue weighted by atomic mass is 16.5. The largest absolute Gasteiger partial charge is 0.388 e. The van der Waals surface area contributed by atoms with Crippen molar-refractivity contribution < 1.29 is 19.7 Å². The maximum atomic E-state index is 13.2. The van der Waals surface area contributed by atoms with Crippen molar-refractivity contribution in [2.24, 2.45) is 11.3 Å². The zero-order valence-corrected chi connectivity index (χ0v) is 13.7. The Hall–Kier alpha value is -1.23. The molecule has 2 bridgehead atoms. The van der Waals surface area contributed by atoms with Gasteiger partial charge in [0, 0.05) is 18.8 Å². The summed E-state index contributed by atoms with van der Waals surface area (Å²) in [4.78, 5) is 13.2. The van der Waals surface area contributed by atoms with Crippen LogP contribution in [0.2, 0.25) is 0 Å². The number of hydrogen-bond donors (Lipinski definition) is 2. The molecule has 1 aliphatic carbocycles. The molecule has 2 heterocycles. The summed E-state index contributed by atoms with van der Waals surface area (Å²) in [5, 5.41) is 22.6. The molecule has 4 nitrogen and oxygen atoms in total. The van der Waals surface area contributed by atoms with Crippen LogP contribution in [0.5, 0.6) is 0 Å². The second-order valence-corrected chi connectivity index (χ2v) is 7.86. The predicted molar refractivity (Wildman–Crippen MR) is 84.8 cm³/mol. The van der Waals surface area contributed by atoms with E-state index in [1.165, 1.54) is 0 Å². The van der Waals surface area contributed by atoms with Gasteiger partial charge in [0.05, 0.1) is 23.2 Å². The topological polar surface area (TPSA) is 66.8 Å². The number of carbonyl (C=O) groups is 1. The van der Waals surface area contributed by atoms with Crippen LogP contribution in [-0.2, 0) is 16.0 Å². The van der Waals surface area contributed by atoms with Gasteiger partial charge < -0.3 is 14.9 Å². The third-order valence-electron chi connectivity index (χ3n) is 6.70. The number of benzene rings is 1. The number of ether oxygens (including phenoxy) is 1. The summed E-state index contributed by atoms with van der Waals surface area (Å²) in [7, 11) is 0. The van der Waals surface area contributed by atoms with Gasteiger partial charge in [0.25, 0.3) is 0 Å². The zero-order chi connectivity index (χ0) is 16.5. The number of aliphatic hydroxyl groups is 2. The Bertz CT molecular complexity index is 644. The highest BCUT2D eigenvalue weighted by molar-refractivity contribution is 5.97. The molecule has 4 rings (SSSR count). The van der Waals surface area contributed by atoms with Crippen molar-refractivity contribution in [1.29, 1.82) is 0 Å². The van der Waals surface area contributed by atoms with Crippen molar-refractivity contribution in [2.75, 3.05) is 0 Å². The van der Waals surface area contributed by atoms with Gasteiger partial charge >= 0.3 is 0 Å². The third-order valence-corrected chi connectivity index (χ3v) is 6.70. The van der Waals surface area contributed by atoms with Gasteiger partial charge in [-0.1, -0.05) is 37.3 Å². The van der Waals surface area contributed by atoms with Gasteiger partial charge in [0.2, 0.25) is 0 Å². The van der Waals surface area contributed by atoms with Crippen molar-refractivity contribution in [1.82, 2.24) is 0 Å². The van der Waals surface area contributed by atoms with Crippen LogP contribution < -0.4 is 0 Å². The number of ketones is 1. The second-order valence-electron chi connectivity index (χ2n) is 7.86. The van der Waals surface area contributed by atoms with Gasteiger partial charge in [-0.2, -0.15) is 0 Å². The molecular weight excluding hydrogens is 292 g/mol. The van der Waals surface area contributed by atoms with E-state index >= 15 is 0 Å². The molecule has 4 heteroatoms. The van der Waals surface area contributed by atoms with E-state index in [2.05, 4.69) is 0 Å². The van der Waals surface area contributed by atoms with E-state index in [0.717, 1.165) is 18.4 Å². The molecule has 1 saturated carbocycles. The first-order valence-electron chi connectivity index (χ1n) is 8.50. The number of Topliss-reactive ketones (excluding diaryl/α,β-unsaturated/α-hetero) is 1. The zero-order valence-electron chi connectivity index (χ0n) is 13.7. The van der Waals surface area contributed by atoms with Gasteiger partial charge in [-0.25, -0.2) is 0 Å². The average Bonchev–Trinajstić information content (AvgIpc) is 3.05. The average molecular weight is 316 g/mol. The first-order valence-corrected chi connectivity index (χ1v) is 8.50. The van der Waals surface area contributed by atoms with Crippen molar-refractivity contribution in [3.8, 4) is 0 Å². The van der Waals surface area contributed by atoms with E-state index < -0.39 is 16.6 Å². The lowest BCUT2D eigenvalue weighted by molar-refractivity contribution is -0.219. The molecule has 1 aromatic rings. The second kappa shape index (κ2) is 4.65. The van der Waals surface area contributed by atoms with Crippen molar-refractivity contribution >= 4 is 5.78 Å². The molecule has 2 aliphatic heterocycles. The van der Waals surface area contributed by atoms with Crippen LogP contribution in [0.4, 0.5) is 0 Å². The van der Waals surface area contributed by atoms with Crippen molar-refractivity contribution in [2.45, 2.75) is 62.9 Å². The molecule has 0 radical (unpaired) electrons. The van der Waals surface area contributed by atoms with Gasteiger partial charge in [0.15, 0.2) is 5.78 Å². The van der Waals surface area contributed by atoms with Crippen LogP contribution in [0.1, 0.15) is 38.7 Å². The Kier molecular flexibility index (Phi) is 3.10. The fourth-order valence-corrected chi connectivity index (χ4v) is 5.29. The summed E-state index contributed by atoms with van der Waals surface area (Å²) >= 11 is 0. The predicted octanol–water partition coefficient (Wildman–Crippen LogP) is 1.87. The van der Waals surface area contributed by atoms with E-state index in [9.17, 15) is 15.0 Å². The first-order chi connectivity index (χ1) is 10.8. The maximum absolute atomic E-state index is 13.2. The summed E-state index contributed by atoms with van der Waals surface area (Å²) in [6.45, 7) is 3.74. The smallest absolute Gasteiger partial charge is 0.176 e. The van der Waals surface area contributed by atoms with E-state index in [1.807, 2.05) is 37.3 Å². The lowest BCUT2D eigenvalue weighted by Crippen LogP contribution is -2.61. The molecule has 23 heavy (non-hydrogen) atoms. The van der Waals surface area contributed by atoms with E-state index in [-0.39, 0.29) is 36.8 Å². The first kappa shape index (κ1) is 15.3. The summed E-state index contributed by atoms with van der Waals surface area (Å²) in [5.74, 6) is -0.409. The molecule has 124 valence electrons. The minimum atomic E-state index is -1.52. The Morgan fingerprint density at radius 1 is 1.22 bits per heavy atom. The molecular formula is C19H24O4. The van der Waals surface area contributed by atoms with Crippen LogP contribution >= 0.6 is 0 Å². The molecule has 0 spiro atoms. The summed E-state index contributed by atoms with van der Waals surface area (Å²) < 4.78 is 6.01. The van der Waals surface area contributed by atoms with E-state index in [0.29, 0.717) is 0 Å². The van der Waals surface area contributed by atoms with Crippen LogP contribution in [0.15, 0.2) is 30.3 Å². The Labute approximate surface area is 136 Å². The Balaban J connectivity index is 1.75. The third kappa shape index (κ3) is 1.80. The maximum Gasteiger partial charge on any atom is 0.176 e. The van der Waals surface area contributed by atoms with Gasteiger partial charge in [-0.05, 0) is 25.3 Å². The number of carbonyl (C=O) groups excluding carboxylic acids is 1. The van der Waals surface area contributed by atoms with Crippen LogP contribution in [0.25, 0.3) is 0 Å². The Morgan fingerprint density at radius 2 is 1.91 bits per heavy atom. The summed E-state index contributed by atoms with van der Waals surface area (Å²) in [6, 6.07) is 9.52. The number of fused-ring (bicyclic) bond motifs is 4. The fourth-order valence-electron chi connectivity index (χ4n) is 5.29. The minimum Gasteiger partial charge on any atom is -0.388 e. The van der Waals surface area contributed by atoms with Gasteiger partial charge in [-0.15, -0.1) is 0 Å². The molecule has 2 saturated heterocycles. The number of rotatable bonds is 2. The molecule has 3 fully saturated rings. The molecule has 0 amide bonds. The highest BCUT2D eigenvalue weighted by Gasteiger charge is 2.75. The van der Waals surface area contributed by atoms with Crippen molar-refractivity contribution in [3.63, 3.8) is 0 Å². The van der Waals surface area contributed by atoms with Crippen LogP contribution in [0.3, 0.4) is 0 Å². The van der Waals surface area contributed by atoms with Crippen molar-refractivity contribution in [3.05, 3.63) is 35.9 Å². The molecule has 6 atom stereocenters. The molecule has 2 N–H and O–H groups in total. The molecule has 3 aliphatic rings. The fraction of sp³-hybridized carbons (Fsp3) is 0.632. The molecule has 1 aromatic carbocycles. The Morgan fingerprint density at radius 3 is 2.61 bits per heavy atom. The quantitative estimate of drug-likeness (QED) is 0.874. The summed E-state index contributed by atoms with van der Waals surface area (Å²) in [6.07, 6.45) is 1.71. The van der Waals surface area contributed by atoms with E-state index in [1.54, 1.807) is 6.92 Å². The van der Waals surface area contributed by atoms with E-state index in [4.69, 9.17) is 4.74 Å². The van der Waals surface area contributed by atoms with Gasteiger partial charge in [0.1, 0.15) is 5.60 Å². The minimum absolute atomic E-state index is 0.00931. The lowest BCUT2D eigenvalue weighted by atomic mass is 9.64. The van der Waals surface area contributed by atoms with Crippen LogP contribution in [-0.4, -0.2) is 39.4 Å². The summed E-state index contributed by atoms with van der Waals surface area (Å²) in [5.41, 5.74) is -2.83. The normalized spacial score (nSPS) is 48.5. The lowest BCUT2D eigenvalue weighted by Gasteiger charge is -2.50. The monoisotopic (exact) mass is 316 g/mol. The number of hydrogen-bond acceptors (Lipinski definition) is 4. The standard InChI is InChI=1S/C19H24O4/c1-12-14-8-9-15(23-14)17(2)16(20)18(21,11-19(12,17)22)10-13-6-4-3-5-7-13/h3-7,12,14-15,21-22H,8-11H2,1-2H3/t12-,14+,15-,17+,18+,19-/m0/s1. The highest BCUT2D eigenvalue weighted by Crippen LogP contribution is 2.62.